The normalized spacial score (nSPS) is 40.3. The Balaban J connectivity index is 2.51. The quantitative estimate of drug-likeness (QED) is 0.435. The van der Waals surface area contributed by atoms with Crippen LogP contribution in [0.4, 0.5) is 17.6 Å². The highest BCUT2D eigenvalue weighted by Crippen LogP contribution is 2.68. The Morgan fingerprint density at radius 2 is 1.61 bits per heavy atom. The standard InChI is InChI=1S/C12H14F4O2/c1-3-9-4-6-10(7-5-9,18-8(2)17)12(15,16)11(9,13)14/h3H,1,4-7H2,2H3. The molecule has 3 aliphatic rings. The number of alkyl halides is 4. The fourth-order valence-electron chi connectivity index (χ4n) is 3.10. The molecule has 18 heavy (non-hydrogen) atoms. The second-order valence-corrected chi connectivity index (χ2v) is 5.10. The zero-order valence-electron chi connectivity index (χ0n) is 9.94. The van der Waals surface area contributed by atoms with Gasteiger partial charge in [0.15, 0.2) is 5.60 Å². The van der Waals surface area contributed by atoms with E-state index in [2.05, 4.69) is 11.3 Å². The lowest BCUT2D eigenvalue weighted by Gasteiger charge is -2.59. The lowest BCUT2D eigenvalue weighted by Crippen LogP contribution is -2.73. The molecular formula is C12H14F4O2. The number of hydrogen-bond acceptors (Lipinski definition) is 2. The maximum Gasteiger partial charge on any atom is 0.349 e. The zero-order valence-corrected chi connectivity index (χ0v) is 9.94. The third kappa shape index (κ3) is 1.26. The first-order valence-electron chi connectivity index (χ1n) is 5.73. The predicted octanol–water partition coefficient (Wildman–Crippen LogP) is 3.32. The van der Waals surface area contributed by atoms with Crippen LogP contribution in [-0.4, -0.2) is 23.4 Å². The third-order valence-corrected chi connectivity index (χ3v) is 4.27. The van der Waals surface area contributed by atoms with Crippen molar-refractivity contribution in [3.63, 3.8) is 0 Å². The number of halogens is 4. The van der Waals surface area contributed by atoms with Crippen molar-refractivity contribution in [2.24, 2.45) is 5.41 Å². The van der Waals surface area contributed by atoms with Gasteiger partial charge in [-0.25, -0.2) is 0 Å². The number of carbonyl (C=O) groups excluding carboxylic acids is 1. The van der Waals surface area contributed by atoms with Crippen molar-refractivity contribution in [1.82, 2.24) is 0 Å². The number of esters is 1. The van der Waals surface area contributed by atoms with Crippen molar-refractivity contribution < 1.29 is 27.1 Å². The van der Waals surface area contributed by atoms with Crippen molar-refractivity contribution in [2.45, 2.75) is 50.1 Å². The molecule has 102 valence electrons. The van der Waals surface area contributed by atoms with Gasteiger partial charge in [0.1, 0.15) is 0 Å². The molecule has 0 amide bonds. The summed E-state index contributed by atoms with van der Waals surface area (Å²) in [6.07, 6.45) is 0.110. The Morgan fingerprint density at radius 3 is 2.00 bits per heavy atom. The summed E-state index contributed by atoms with van der Waals surface area (Å²) in [5, 5.41) is 0. The summed E-state index contributed by atoms with van der Waals surface area (Å²) >= 11 is 0. The van der Waals surface area contributed by atoms with Gasteiger partial charge in [-0.15, -0.1) is 6.58 Å². The van der Waals surface area contributed by atoms with Crippen LogP contribution >= 0.6 is 0 Å². The van der Waals surface area contributed by atoms with E-state index in [9.17, 15) is 22.4 Å². The number of allylic oxidation sites excluding steroid dienone is 1. The van der Waals surface area contributed by atoms with Gasteiger partial charge in [-0.2, -0.15) is 17.6 Å². The predicted molar refractivity (Wildman–Crippen MR) is 55.5 cm³/mol. The molecule has 0 aliphatic heterocycles. The molecule has 3 fully saturated rings. The summed E-state index contributed by atoms with van der Waals surface area (Å²) in [7, 11) is 0. The number of rotatable bonds is 2. The summed E-state index contributed by atoms with van der Waals surface area (Å²) in [6.45, 7) is 4.23. The number of ether oxygens (including phenoxy) is 1. The van der Waals surface area contributed by atoms with E-state index in [1.807, 2.05) is 0 Å². The van der Waals surface area contributed by atoms with E-state index in [0.717, 1.165) is 13.0 Å². The molecule has 6 heteroatoms. The minimum Gasteiger partial charge on any atom is -0.453 e. The summed E-state index contributed by atoms with van der Waals surface area (Å²) < 4.78 is 60.7. The molecule has 0 radical (unpaired) electrons. The summed E-state index contributed by atoms with van der Waals surface area (Å²) in [5.41, 5.74) is -4.26. The monoisotopic (exact) mass is 266 g/mol. The van der Waals surface area contributed by atoms with E-state index in [4.69, 9.17) is 0 Å². The molecule has 0 atom stereocenters. The van der Waals surface area contributed by atoms with Crippen LogP contribution in [0, 0.1) is 5.41 Å². The average molecular weight is 266 g/mol. The van der Waals surface area contributed by atoms with Gasteiger partial charge in [0, 0.05) is 6.92 Å². The lowest BCUT2D eigenvalue weighted by molar-refractivity contribution is -0.372. The smallest absolute Gasteiger partial charge is 0.349 e. The SMILES string of the molecule is C=CC12CCC(OC(C)=O)(CC1)C(F)(F)C2(F)F. The van der Waals surface area contributed by atoms with E-state index >= 15 is 0 Å². The molecule has 0 aromatic rings. The Hall–Kier alpha value is -1.07. The minimum absolute atomic E-state index is 0.146. The highest BCUT2D eigenvalue weighted by atomic mass is 19.3. The zero-order chi connectivity index (χ0) is 13.8. The molecular weight excluding hydrogens is 252 g/mol. The van der Waals surface area contributed by atoms with Gasteiger partial charge in [0.2, 0.25) is 0 Å². The van der Waals surface area contributed by atoms with Gasteiger partial charge in [-0.1, -0.05) is 6.08 Å². The molecule has 0 aromatic carbocycles. The second-order valence-electron chi connectivity index (χ2n) is 5.10. The van der Waals surface area contributed by atoms with Crippen molar-refractivity contribution in [2.75, 3.05) is 0 Å². The van der Waals surface area contributed by atoms with Crippen molar-refractivity contribution in [3.8, 4) is 0 Å². The summed E-state index contributed by atoms with van der Waals surface area (Å²) in [6, 6.07) is 0. The van der Waals surface area contributed by atoms with Crippen molar-refractivity contribution in [1.29, 1.82) is 0 Å². The number of carbonyl (C=O) groups is 1. The molecule has 0 unspecified atom stereocenters. The van der Waals surface area contributed by atoms with Crippen LogP contribution in [0.15, 0.2) is 12.7 Å². The fourth-order valence-corrected chi connectivity index (χ4v) is 3.10. The molecule has 3 saturated carbocycles. The van der Waals surface area contributed by atoms with Gasteiger partial charge in [0.05, 0.1) is 5.41 Å². The van der Waals surface area contributed by atoms with Crippen LogP contribution in [-0.2, 0) is 9.53 Å². The molecule has 0 aromatic heterocycles. The van der Waals surface area contributed by atoms with E-state index < -0.39 is 28.8 Å². The molecule has 0 N–H and O–H groups in total. The van der Waals surface area contributed by atoms with Gasteiger partial charge in [0.25, 0.3) is 0 Å². The third-order valence-electron chi connectivity index (χ3n) is 4.27. The molecule has 2 nitrogen and oxygen atoms in total. The lowest BCUT2D eigenvalue weighted by atomic mass is 9.54. The van der Waals surface area contributed by atoms with Crippen LogP contribution in [0.25, 0.3) is 0 Å². The highest BCUT2D eigenvalue weighted by molar-refractivity contribution is 5.67. The van der Waals surface area contributed by atoms with E-state index in [1.54, 1.807) is 0 Å². The first-order chi connectivity index (χ1) is 8.14. The molecule has 2 bridgehead atoms. The Kier molecular flexibility index (Phi) is 2.59. The molecule has 3 aliphatic carbocycles. The van der Waals surface area contributed by atoms with Crippen molar-refractivity contribution in [3.05, 3.63) is 12.7 Å². The fraction of sp³-hybridized carbons (Fsp3) is 0.750. The number of hydrogen-bond donors (Lipinski definition) is 0. The van der Waals surface area contributed by atoms with Crippen LogP contribution in [0.2, 0.25) is 0 Å². The Morgan fingerprint density at radius 1 is 1.11 bits per heavy atom. The first kappa shape index (κ1) is 13.4. The van der Waals surface area contributed by atoms with Crippen LogP contribution in [0.1, 0.15) is 32.6 Å². The average Bonchev–Trinajstić information content (AvgIpc) is 2.27. The summed E-state index contributed by atoms with van der Waals surface area (Å²) in [5.74, 6) is -9.57. The van der Waals surface area contributed by atoms with Crippen LogP contribution in [0.3, 0.4) is 0 Å². The summed E-state index contributed by atoms with van der Waals surface area (Å²) in [4.78, 5) is 10.9. The second kappa shape index (κ2) is 3.48. The van der Waals surface area contributed by atoms with E-state index in [1.165, 1.54) is 0 Å². The number of fused-ring (bicyclic) bond motifs is 3. The topological polar surface area (TPSA) is 26.3 Å². The maximum atomic E-state index is 14.0. The molecule has 0 spiro atoms. The van der Waals surface area contributed by atoms with Gasteiger partial charge < -0.3 is 4.74 Å². The largest absolute Gasteiger partial charge is 0.453 e. The molecule has 3 rings (SSSR count). The van der Waals surface area contributed by atoms with Gasteiger partial charge in [-0.05, 0) is 25.7 Å². The Bertz CT molecular complexity index is 395. The van der Waals surface area contributed by atoms with E-state index in [-0.39, 0.29) is 25.7 Å². The first-order valence-corrected chi connectivity index (χ1v) is 5.73. The van der Waals surface area contributed by atoms with E-state index in [0.29, 0.717) is 0 Å². The molecule has 0 heterocycles. The van der Waals surface area contributed by atoms with Crippen molar-refractivity contribution >= 4 is 5.97 Å². The molecule has 0 saturated heterocycles. The Labute approximate surface area is 102 Å². The highest BCUT2D eigenvalue weighted by Gasteiger charge is 2.82. The van der Waals surface area contributed by atoms with Gasteiger partial charge in [-0.3, -0.25) is 4.79 Å². The van der Waals surface area contributed by atoms with Crippen LogP contribution in [0.5, 0.6) is 0 Å². The van der Waals surface area contributed by atoms with Crippen LogP contribution < -0.4 is 0 Å². The maximum absolute atomic E-state index is 14.0. The minimum atomic E-state index is -4.36. The van der Waals surface area contributed by atoms with Gasteiger partial charge >= 0.3 is 17.8 Å².